The number of rotatable bonds is 5. The van der Waals surface area contributed by atoms with Crippen LogP contribution in [0.5, 0.6) is 0 Å². The van der Waals surface area contributed by atoms with Crippen LogP contribution in [0.15, 0.2) is 49.3 Å². The van der Waals surface area contributed by atoms with E-state index < -0.39 is 11.6 Å². The summed E-state index contributed by atoms with van der Waals surface area (Å²) in [5.74, 6) is 0. The minimum Gasteiger partial charge on any atom is -0.381 e. The van der Waals surface area contributed by atoms with E-state index in [9.17, 15) is 5.11 Å². The molecule has 0 spiro atoms. The number of hydrogen-bond acceptors (Lipinski definition) is 5. The molecule has 3 rings (SSSR count). The highest BCUT2D eigenvalue weighted by molar-refractivity contribution is 6.30. The number of aliphatic hydroxyl groups is 1. The Morgan fingerprint density at radius 1 is 1.18 bits per heavy atom. The van der Waals surface area contributed by atoms with Crippen LogP contribution in [0.1, 0.15) is 18.5 Å². The summed E-state index contributed by atoms with van der Waals surface area (Å²) in [6.45, 7) is 2.07. The van der Waals surface area contributed by atoms with E-state index in [2.05, 4.69) is 20.3 Å². The normalized spacial score (nSPS) is 15.4. The van der Waals surface area contributed by atoms with Crippen LogP contribution >= 0.6 is 11.6 Å². The zero-order valence-corrected chi connectivity index (χ0v) is 12.7. The van der Waals surface area contributed by atoms with E-state index in [-0.39, 0.29) is 6.54 Å². The first kappa shape index (κ1) is 14.7. The van der Waals surface area contributed by atoms with Gasteiger partial charge in [-0.05, 0) is 24.6 Å². The van der Waals surface area contributed by atoms with Crippen molar-refractivity contribution in [1.29, 1.82) is 0 Å². The second kappa shape index (κ2) is 5.86. The van der Waals surface area contributed by atoms with E-state index in [1.165, 1.54) is 11.1 Å². The maximum Gasteiger partial charge on any atom is 0.137 e. The molecule has 0 aliphatic rings. The fraction of sp³-hybridized carbons (Fsp3) is 0.286. The first-order valence-electron chi connectivity index (χ1n) is 6.76. The molecule has 114 valence electrons. The molecule has 0 saturated carbocycles. The third-order valence-electron chi connectivity index (χ3n) is 3.69. The van der Waals surface area contributed by atoms with Crippen molar-refractivity contribution >= 4 is 11.6 Å². The van der Waals surface area contributed by atoms with Crippen molar-refractivity contribution in [3.05, 3.63) is 59.9 Å². The van der Waals surface area contributed by atoms with Gasteiger partial charge in [-0.25, -0.2) is 9.67 Å². The second-order valence-electron chi connectivity index (χ2n) is 5.05. The third-order valence-corrected chi connectivity index (χ3v) is 3.94. The highest BCUT2D eigenvalue weighted by atomic mass is 35.5. The first-order valence-corrected chi connectivity index (χ1v) is 7.14. The molecule has 2 heterocycles. The molecule has 0 amide bonds. The average molecular weight is 319 g/mol. The molecular weight excluding hydrogens is 304 g/mol. The average Bonchev–Trinajstić information content (AvgIpc) is 3.20. The van der Waals surface area contributed by atoms with Crippen LogP contribution in [-0.4, -0.2) is 34.9 Å². The molecule has 0 saturated heterocycles. The summed E-state index contributed by atoms with van der Waals surface area (Å²) < 4.78 is 1.58. The van der Waals surface area contributed by atoms with Crippen molar-refractivity contribution in [2.24, 2.45) is 0 Å². The summed E-state index contributed by atoms with van der Waals surface area (Å²) in [6, 6.07) is 6.66. The Morgan fingerprint density at radius 3 is 2.45 bits per heavy atom. The van der Waals surface area contributed by atoms with E-state index >= 15 is 0 Å². The van der Waals surface area contributed by atoms with Crippen LogP contribution < -0.4 is 0 Å². The van der Waals surface area contributed by atoms with Crippen LogP contribution in [0, 0.1) is 0 Å². The van der Waals surface area contributed by atoms with E-state index in [4.69, 9.17) is 11.6 Å². The molecular formula is C14H15ClN6O. The molecule has 2 aromatic heterocycles. The zero-order valence-electron chi connectivity index (χ0n) is 11.9. The van der Waals surface area contributed by atoms with Crippen LogP contribution in [0.2, 0.25) is 5.02 Å². The lowest BCUT2D eigenvalue weighted by Gasteiger charge is -2.33. The van der Waals surface area contributed by atoms with Crippen LogP contribution in [0.25, 0.3) is 0 Å². The van der Waals surface area contributed by atoms with Crippen molar-refractivity contribution in [2.45, 2.75) is 25.1 Å². The monoisotopic (exact) mass is 318 g/mol. The Kier molecular flexibility index (Phi) is 3.91. The molecule has 0 bridgehead atoms. The summed E-state index contributed by atoms with van der Waals surface area (Å²) in [6.07, 6.45) is 6.14. The maximum absolute atomic E-state index is 11.4. The van der Waals surface area contributed by atoms with E-state index in [1.54, 1.807) is 47.7 Å². The summed E-state index contributed by atoms with van der Waals surface area (Å²) in [5.41, 5.74) is -0.561. The van der Waals surface area contributed by atoms with Gasteiger partial charge in [-0.3, -0.25) is 0 Å². The van der Waals surface area contributed by atoms with Crippen molar-refractivity contribution in [3.63, 3.8) is 0 Å². The maximum atomic E-state index is 11.4. The zero-order chi connectivity index (χ0) is 15.6. The van der Waals surface area contributed by atoms with Gasteiger partial charge in [0.25, 0.3) is 0 Å². The van der Waals surface area contributed by atoms with Gasteiger partial charge in [0.2, 0.25) is 0 Å². The summed E-state index contributed by atoms with van der Waals surface area (Å²) in [7, 11) is 0. The Labute approximate surface area is 132 Å². The predicted octanol–water partition coefficient (Wildman–Crippen LogP) is 1.67. The largest absolute Gasteiger partial charge is 0.381 e. The SMILES string of the molecule is CC(n1nccn1)C(O)(Cn1cncn1)c1ccc(Cl)cc1. The molecule has 7 nitrogen and oxygen atoms in total. The lowest BCUT2D eigenvalue weighted by molar-refractivity contribution is -0.0385. The molecule has 3 aromatic rings. The highest BCUT2D eigenvalue weighted by Gasteiger charge is 2.39. The summed E-state index contributed by atoms with van der Waals surface area (Å²) in [5, 5.41) is 24.3. The topological polar surface area (TPSA) is 81.6 Å². The van der Waals surface area contributed by atoms with Crippen LogP contribution in [0.3, 0.4) is 0 Å². The van der Waals surface area contributed by atoms with E-state index in [1.807, 2.05) is 6.92 Å². The second-order valence-corrected chi connectivity index (χ2v) is 5.49. The summed E-state index contributed by atoms with van der Waals surface area (Å²) in [4.78, 5) is 5.40. The van der Waals surface area contributed by atoms with Crippen molar-refractivity contribution in [1.82, 2.24) is 29.8 Å². The molecule has 22 heavy (non-hydrogen) atoms. The number of hydrogen-bond donors (Lipinski definition) is 1. The molecule has 8 heteroatoms. The van der Waals surface area contributed by atoms with Gasteiger partial charge in [0, 0.05) is 5.02 Å². The number of nitrogens with zero attached hydrogens (tertiary/aromatic N) is 6. The standard InChI is InChI=1S/C14H15ClN6O/c1-11(21-17-6-7-18-21)14(22,8-20-10-16-9-19-20)12-2-4-13(15)5-3-12/h2-7,9-11,22H,8H2,1H3. The smallest absolute Gasteiger partial charge is 0.137 e. The number of benzene rings is 1. The van der Waals surface area contributed by atoms with Gasteiger partial charge in [0.1, 0.15) is 24.3 Å². The Hall–Kier alpha value is -2.25. The van der Waals surface area contributed by atoms with Gasteiger partial charge in [0.05, 0.1) is 18.9 Å². The van der Waals surface area contributed by atoms with Crippen molar-refractivity contribution in [3.8, 4) is 0 Å². The third kappa shape index (κ3) is 2.72. The van der Waals surface area contributed by atoms with Crippen LogP contribution in [0.4, 0.5) is 0 Å². The van der Waals surface area contributed by atoms with Gasteiger partial charge in [-0.1, -0.05) is 23.7 Å². The Morgan fingerprint density at radius 2 is 1.86 bits per heavy atom. The first-order chi connectivity index (χ1) is 10.6. The van der Waals surface area contributed by atoms with Gasteiger partial charge in [-0.2, -0.15) is 20.1 Å². The van der Waals surface area contributed by atoms with Gasteiger partial charge >= 0.3 is 0 Å². The minimum atomic E-state index is -1.27. The lowest BCUT2D eigenvalue weighted by Crippen LogP contribution is -2.40. The molecule has 0 fully saturated rings. The molecule has 1 aromatic carbocycles. The van der Waals surface area contributed by atoms with Gasteiger partial charge in [-0.15, -0.1) is 0 Å². The van der Waals surface area contributed by atoms with Crippen molar-refractivity contribution in [2.75, 3.05) is 0 Å². The van der Waals surface area contributed by atoms with E-state index in [0.717, 1.165) is 0 Å². The molecule has 2 unspecified atom stereocenters. The number of halogens is 1. The molecule has 0 aliphatic heterocycles. The molecule has 2 atom stereocenters. The Balaban J connectivity index is 2.02. The number of aromatic nitrogens is 6. The Bertz CT molecular complexity index is 712. The minimum absolute atomic E-state index is 0.220. The van der Waals surface area contributed by atoms with Crippen molar-refractivity contribution < 1.29 is 5.11 Å². The summed E-state index contributed by atoms with van der Waals surface area (Å²) >= 11 is 5.94. The highest BCUT2D eigenvalue weighted by Crippen LogP contribution is 2.34. The molecule has 1 N–H and O–H groups in total. The van der Waals surface area contributed by atoms with Gasteiger partial charge in [0.15, 0.2) is 0 Å². The molecule has 0 radical (unpaired) electrons. The predicted molar refractivity (Wildman–Crippen MR) is 80.1 cm³/mol. The molecule has 0 aliphatic carbocycles. The van der Waals surface area contributed by atoms with Crippen LogP contribution in [-0.2, 0) is 12.1 Å². The lowest BCUT2D eigenvalue weighted by atomic mass is 9.87. The fourth-order valence-electron chi connectivity index (χ4n) is 2.38. The van der Waals surface area contributed by atoms with Gasteiger partial charge < -0.3 is 5.11 Å². The van der Waals surface area contributed by atoms with E-state index in [0.29, 0.717) is 10.6 Å². The quantitative estimate of drug-likeness (QED) is 0.774. The fourth-order valence-corrected chi connectivity index (χ4v) is 2.51.